The van der Waals surface area contributed by atoms with Crippen LogP contribution in [0.2, 0.25) is 0 Å². The molecule has 2 aromatic rings. The maximum Gasteiger partial charge on any atom is 0.268 e. The Morgan fingerprint density at radius 1 is 1.43 bits per heavy atom. The number of ether oxygens (including phenoxy) is 2. The van der Waals surface area contributed by atoms with E-state index >= 15 is 0 Å². The molecule has 1 aromatic carbocycles. The van der Waals surface area contributed by atoms with Crippen LogP contribution < -0.4 is 20.5 Å². The maximum atomic E-state index is 13.3. The number of halogens is 1. The van der Waals surface area contributed by atoms with Crippen molar-refractivity contribution >= 4 is 11.6 Å². The molecule has 9 heteroatoms. The van der Waals surface area contributed by atoms with Gasteiger partial charge in [0.2, 0.25) is 0 Å². The Hall–Kier alpha value is -2.94. The summed E-state index contributed by atoms with van der Waals surface area (Å²) in [6, 6.07) is 5.34. The number of anilines is 1. The Kier molecular flexibility index (Phi) is 6.25. The first kappa shape index (κ1) is 19.8. The molecular formula is C19H23FN4O4. The number of aryl methyl sites for hydroxylation is 1. The van der Waals surface area contributed by atoms with Gasteiger partial charge in [-0.05, 0) is 18.6 Å². The van der Waals surface area contributed by atoms with Gasteiger partial charge in [0.25, 0.3) is 11.5 Å². The van der Waals surface area contributed by atoms with Crippen molar-refractivity contribution in [1.29, 1.82) is 0 Å². The van der Waals surface area contributed by atoms with Gasteiger partial charge >= 0.3 is 0 Å². The summed E-state index contributed by atoms with van der Waals surface area (Å²) in [7, 11) is 2.99. The largest absolute Gasteiger partial charge is 0.496 e. The normalized spacial score (nSPS) is 16.7. The minimum absolute atomic E-state index is 0.0896. The van der Waals surface area contributed by atoms with Crippen molar-refractivity contribution in [2.24, 2.45) is 7.05 Å². The Morgan fingerprint density at radius 2 is 2.25 bits per heavy atom. The smallest absolute Gasteiger partial charge is 0.268 e. The number of benzene rings is 1. The lowest BCUT2D eigenvalue weighted by atomic mass is 10.1. The fourth-order valence-electron chi connectivity index (χ4n) is 3.06. The van der Waals surface area contributed by atoms with E-state index in [4.69, 9.17) is 9.47 Å². The van der Waals surface area contributed by atoms with E-state index in [9.17, 15) is 14.0 Å². The Balaban J connectivity index is 1.54. The van der Waals surface area contributed by atoms with Gasteiger partial charge in [0.1, 0.15) is 11.6 Å². The molecule has 0 saturated carbocycles. The van der Waals surface area contributed by atoms with E-state index in [-0.39, 0.29) is 28.9 Å². The van der Waals surface area contributed by atoms with Gasteiger partial charge in [0, 0.05) is 38.8 Å². The molecular weight excluding hydrogens is 367 g/mol. The van der Waals surface area contributed by atoms with Crippen LogP contribution in [0.25, 0.3) is 0 Å². The van der Waals surface area contributed by atoms with Crippen molar-refractivity contribution in [3.63, 3.8) is 0 Å². The molecule has 1 aliphatic heterocycles. The van der Waals surface area contributed by atoms with Gasteiger partial charge in [-0.3, -0.25) is 9.59 Å². The van der Waals surface area contributed by atoms with Crippen molar-refractivity contribution in [2.75, 3.05) is 38.3 Å². The third kappa shape index (κ3) is 4.66. The van der Waals surface area contributed by atoms with Crippen LogP contribution in [0.5, 0.6) is 5.75 Å². The molecule has 28 heavy (non-hydrogen) atoms. The molecule has 0 aliphatic carbocycles. The van der Waals surface area contributed by atoms with Crippen LogP contribution in [0.3, 0.4) is 0 Å². The van der Waals surface area contributed by atoms with Crippen LogP contribution in [-0.2, 0) is 11.8 Å². The molecule has 8 nitrogen and oxygen atoms in total. The first-order valence-corrected chi connectivity index (χ1v) is 8.99. The van der Waals surface area contributed by atoms with Gasteiger partial charge < -0.3 is 19.7 Å². The van der Waals surface area contributed by atoms with Gasteiger partial charge in [-0.2, -0.15) is 5.10 Å². The molecule has 0 radical (unpaired) electrons. The third-order valence-electron chi connectivity index (χ3n) is 4.62. The lowest BCUT2D eigenvalue weighted by Gasteiger charge is -2.34. The van der Waals surface area contributed by atoms with Crippen molar-refractivity contribution in [1.82, 2.24) is 15.1 Å². The molecule has 1 saturated heterocycles. The number of carbonyl (C=O) groups is 1. The van der Waals surface area contributed by atoms with Crippen LogP contribution in [0, 0.1) is 5.82 Å². The van der Waals surface area contributed by atoms with Crippen LogP contribution in [0.4, 0.5) is 10.1 Å². The fraction of sp³-hybridized carbons (Fsp3) is 0.421. The summed E-state index contributed by atoms with van der Waals surface area (Å²) in [5.41, 5.74) is 0.874. The zero-order chi connectivity index (χ0) is 20.1. The van der Waals surface area contributed by atoms with E-state index in [1.807, 2.05) is 4.90 Å². The van der Waals surface area contributed by atoms with Gasteiger partial charge in [-0.15, -0.1) is 0 Å². The molecule has 2 heterocycles. The lowest BCUT2D eigenvalue weighted by Crippen LogP contribution is -2.44. The number of aromatic nitrogens is 2. The summed E-state index contributed by atoms with van der Waals surface area (Å²) in [5, 5.41) is 6.85. The van der Waals surface area contributed by atoms with E-state index in [0.717, 1.165) is 5.69 Å². The molecule has 1 unspecified atom stereocenters. The van der Waals surface area contributed by atoms with Crippen molar-refractivity contribution in [3.05, 3.63) is 52.2 Å². The molecule has 3 rings (SSSR count). The minimum atomic E-state index is -0.464. The first-order valence-electron chi connectivity index (χ1n) is 8.99. The van der Waals surface area contributed by atoms with E-state index in [1.54, 1.807) is 19.3 Å². The van der Waals surface area contributed by atoms with E-state index in [0.29, 0.717) is 32.7 Å². The average molecular weight is 390 g/mol. The maximum absolute atomic E-state index is 13.3. The van der Waals surface area contributed by atoms with Crippen LogP contribution in [0.15, 0.2) is 35.3 Å². The second kappa shape index (κ2) is 8.83. The highest BCUT2D eigenvalue weighted by atomic mass is 19.1. The number of rotatable bonds is 6. The molecule has 1 atom stereocenters. The molecule has 1 aliphatic rings. The summed E-state index contributed by atoms with van der Waals surface area (Å²) >= 11 is 0. The zero-order valence-corrected chi connectivity index (χ0v) is 15.9. The molecule has 1 fully saturated rings. The Morgan fingerprint density at radius 3 is 3.00 bits per heavy atom. The molecule has 150 valence electrons. The summed E-state index contributed by atoms with van der Waals surface area (Å²) in [5.74, 6) is -0.606. The second-order valence-electron chi connectivity index (χ2n) is 6.50. The highest BCUT2D eigenvalue weighted by Gasteiger charge is 2.22. The summed E-state index contributed by atoms with van der Waals surface area (Å²) in [6.45, 7) is 2.20. The lowest BCUT2D eigenvalue weighted by molar-refractivity contribution is 0.0353. The van der Waals surface area contributed by atoms with Crippen LogP contribution in [-0.4, -0.2) is 55.1 Å². The predicted molar refractivity (Wildman–Crippen MR) is 101 cm³/mol. The zero-order valence-electron chi connectivity index (χ0n) is 15.9. The standard InChI is InChI=1S/C19H23FN4O4/c1-23-18(25)10-14(11-22-23)24-7-8-28-15(12-24)5-6-21-19(26)16-4-3-13(20)9-17(16)27-2/h3-4,9-11,15H,5-8,12H2,1-2H3,(H,21,26). The molecule has 1 aromatic heterocycles. The molecule has 0 bridgehead atoms. The Labute approximate surface area is 161 Å². The van der Waals surface area contributed by atoms with Crippen molar-refractivity contribution in [3.8, 4) is 5.75 Å². The van der Waals surface area contributed by atoms with Crippen molar-refractivity contribution < 1.29 is 18.7 Å². The second-order valence-corrected chi connectivity index (χ2v) is 6.50. The van der Waals surface area contributed by atoms with Crippen molar-refractivity contribution in [2.45, 2.75) is 12.5 Å². The number of morpholine rings is 1. The summed E-state index contributed by atoms with van der Waals surface area (Å²) in [6.07, 6.45) is 2.17. The average Bonchev–Trinajstić information content (AvgIpc) is 2.70. The highest BCUT2D eigenvalue weighted by molar-refractivity contribution is 5.96. The number of hydrogen-bond acceptors (Lipinski definition) is 6. The van der Waals surface area contributed by atoms with E-state index in [1.165, 1.54) is 30.0 Å². The topological polar surface area (TPSA) is 85.7 Å². The van der Waals surface area contributed by atoms with Gasteiger partial charge in [0.05, 0.1) is 37.3 Å². The first-order chi connectivity index (χ1) is 13.5. The number of hydrogen-bond donors (Lipinski definition) is 1. The number of methoxy groups -OCH3 is 1. The third-order valence-corrected chi connectivity index (χ3v) is 4.62. The monoisotopic (exact) mass is 390 g/mol. The predicted octanol–water partition coefficient (Wildman–Crippen LogP) is 0.953. The van der Waals surface area contributed by atoms with Gasteiger partial charge in [0.15, 0.2) is 0 Å². The van der Waals surface area contributed by atoms with Gasteiger partial charge in [-0.1, -0.05) is 0 Å². The summed E-state index contributed by atoms with van der Waals surface area (Å²) in [4.78, 5) is 26.2. The van der Waals surface area contributed by atoms with Gasteiger partial charge in [-0.25, -0.2) is 9.07 Å². The SMILES string of the molecule is COc1cc(F)ccc1C(=O)NCCC1CN(c2cnn(C)c(=O)c2)CCO1. The van der Waals surface area contributed by atoms with E-state index < -0.39 is 5.82 Å². The number of carbonyl (C=O) groups excluding carboxylic acids is 1. The van der Waals surface area contributed by atoms with Crippen LogP contribution in [0.1, 0.15) is 16.8 Å². The number of amides is 1. The number of nitrogens with one attached hydrogen (secondary N) is 1. The summed E-state index contributed by atoms with van der Waals surface area (Å²) < 4.78 is 25.4. The fourth-order valence-corrected chi connectivity index (χ4v) is 3.06. The highest BCUT2D eigenvalue weighted by Crippen LogP contribution is 2.20. The van der Waals surface area contributed by atoms with Crippen LogP contribution >= 0.6 is 0 Å². The minimum Gasteiger partial charge on any atom is -0.496 e. The molecule has 1 N–H and O–H groups in total. The van der Waals surface area contributed by atoms with E-state index in [2.05, 4.69) is 10.4 Å². The quantitative estimate of drug-likeness (QED) is 0.791. The molecule has 1 amide bonds. The molecule has 0 spiro atoms. The Bertz CT molecular complexity index is 902. The number of nitrogens with zero attached hydrogens (tertiary/aromatic N) is 3.